The molecule has 0 fully saturated rings. The van der Waals surface area contributed by atoms with Gasteiger partial charge in [0.2, 0.25) is 0 Å². The molecule has 0 amide bonds. The minimum Gasteiger partial charge on any atom is -0.409 e. The topological polar surface area (TPSA) is 70.6 Å². The lowest BCUT2D eigenvalue weighted by Crippen LogP contribution is -2.33. The van der Waals surface area contributed by atoms with Gasteiger partial charge in [-0.3, -0.25) is 0 Å². The summed E-state index contributed by atoms with van der Waals surface area (Å²) in [5, 5.41) is 16.0. The Morgan fingerprint density at radius 1 is 1.45 bits per heavy atom. The van der Waals surface area contributed by atoms with Crippen molar-refractivity contribution < 1.29 is 5.21 Å². The van der Waals surface area contributed by atoms with Crippen LogP contribution >= 0.6 is 11.6 Å². The van der Waals surface area contributed by atoms with Gasteiger partial charge in [-0.1, -0.05) is 48.8 Å². The number of hydrogen-bond donors (Lipinski definition) is 3. The van der Waals surface area contributed by atoms with Gasteiger partial charge in [0, 0.05) is 16.5 Å². The van der Waals surface area contributed by atoms with E-state index in [0.717, 1.165) is 30.0 Å². The molecule has 1 rings (SSSR count). The standard InChI is InChI=1S/C15H24ClN3O/c1-11(12-7-4-5-8-13(12)16)18-10-6-9-15(2,3)14(17)19-20/h4-5,7-8,11,18,20H,6,9-10H2,1-3H3,(H2,17,19)/t11-/m1/s1. The van der Waals surface area contributed by atoms with E-state index in [1.165, 1.54) is 0 Å². The smallest absolute Gasteiger partial charge is 0.144 e. The van der Waals surface area contributed by atoms with E-state index in [1.807, 2.05) is 38.1 Å². The van der Waals surface area contributed by atoms with Crippen LogP contribution in [0.5, 0.6) is 0 Å². The summed E-state index contributed by atoms with van der Waals surface area (Å²) >= 11 is 6.16. The van der Waals surface area contributed by atoms with Crippen molar-refractivity contribution >= 4 is 17.4 Å². The van der Waals surface area contributed by atoms with Crippen molar-refractivity contribution in [1.29, 1.82) is 0 Å². The Labute approximate surface area is 126 Å². The second-order valence-electron chi connectivity index (χ2n) is 5.67. The highest BCUT2D eigenvalue weighted by Gasteiger charge is 2.22. The Balaban J connectivity index is 2.40. The van der Waals surface area contributed by atoms with Gasteiger partial charge in [0.25, 0.3) is 0 Å². The average molecular weight is 298 g/mol. The zero-order valence-corrected chi connectivity index (χ0v) is 13.1. The second-order valence-corrected chi connectivity index (χ2v) is 6.08. The van der Waals surface area contributed by atoms with Crippen LogP contribution in [0.4, 0.5) is 0 Å². The van der Waals surface area contributed by atoms with Crippen LogP contribution in [0.3, 0.4) is 0 Å². The zero-order valence-electron chi connectivity index (χ0n) is 12.4. The van der Waals surface area contributed by atoms with Gasteiger partial charge in [0.05, 0.1) is 0 Å². The van der Waals surface area contributed by atoms with E-state index in [4.69, 9.17) is 22.5 Å². The quantitative estimate of drug-likeness (QED) is 0.237. The maximum absolute atomic E-state index is 8.73. The van der Waals surface area contributed by atoms with Gasteiger partial charge in [-0.15, -0.1) is 0 Å². The molecule has 1 atom stereocenters. The Morgan fingerprint density at radius 3 is 2.70 bits per heavy atom. The van der Waals surface area contributed by atoms with Gasteiger partial charge >= 0.3 is 0 Å². The Kier molecular flexibility index (Phi) is 6.30. The van der Waals surface area contributed by atoms with Crippen LogP contribution in [0.25, 0.3) is 0 Å². The summed E-state index contributed by atoms with van der Waals surface area (Å²) in [6.07, 6.45) is 1.79. The van der Waals surface area contributed by atoms with Crippen molar-refractivity contribution in [3.8, 4) is 0 Å². The molecule has 5 heteroatoms. The molecular weight excluding hydrogens is 274 g/mol. The zero-order chi connectivity index (χ0) is 15.2. The van der Waals surface area contributed by atoms with E-state index in [9.17, 15) is 0 Å². The SMILES string of the molecule is C[C@@H](NCCCC(C)(C)/C(N)=N/O)c1ccccc1Cl. The molecule has 0 spiro atoms. The molecule has 4 nitrogen and oxygen atoms in total. The van der Waals surface area contributed by atoms with Crippen molar-refractivity contribution in [1.82, 2.24) is 5.32 Å². The summed E-state index contributed by atoms with van der Waals surface area (Å²) in [6.45, 7) is 6.89. The number of nitrogens with one attached hydrogen (secondary N) is 1. The van der Waals surface area contributed by atoms with E-state index in [0.29, 0.717) is 0 Å². The van der Waals surface area contributed by atoms with Crippen LogP contribution in [0, 0.1) is 5.41 Å². The Hall–Kier alpha value is -1.26. The summed E-state index contributed by atoms with van der Waals surface area (Å²) in [6, 6.07) is 8.05. The first-order valence-electron chi connectivity index (χ1n) is 6.84. The largest absolute Gasteiger partial charge is 0.409 e. The Morgan fingerprint density at radius 2 is 2.10 bits per heavy atom. The molecule has 112 valence electrons. The third-order valence-corrected chi connectivity index (χ3v) is 3.95. The van der Waals surface area contributed by atoms with E-state index in [1.54, 1.807) is 0 Å². The number of oxime groups is 1. The molecule has 0 radical (unpaired) electrons. The van der Waals surface area contributed by atoms with Crippen LogP contribution in [0.1, 0.15) is 45.2 Å². The number of rotatable bonds is 7. The van der Waals surface area contributed by atoms with Gasteiger partial charge in [-0.2, -0.15) is 0 Å². The van der Waals surface area contributed by atoms with Gasteiger partial charge in [0.1, 0.15) is 5.84 Å². The van der Waals surface area contributed by atoms with Crippen molar-refractivity contribution in [2.75, 3.05) is 6.54 Å². The molecule has 0 heterocycles. The van der Waals surface area contributed by atoms with Gasteiger partial charge in [-0.05, 0) is 37.9 Å². The average Bonchev–Trinajstić information content (AvgIpc) is 2.42. The van der Waals surface area contributed by atoms with Gasteiger partial charge in [0.15, 0.2) is 0 Å². The lowest BCUT2D eigenvalue weighted by atomic mass is 9.86. The lowest BCUT2D eigenvalue weighted by molar-refractivity contribution is 0.304. The molecule has 0 aliphatic heterocycles. The van der Waals surface area contributed by atoms with Crippen LogP contribution in [0.15, 0.2) is 29.4 Å². The molecule has 1 aromatic rings. The molecule has 0 saturated heterocycles. The molecule has 0 aromatic heterocycles. The van der Waals surface area contributed by atoms with Gasteiger partial charge in [-0.25, -0.2) is 0 Å². The normalized spacial score (nSPS) is 14.3. The molecule has 20 heavy (non-hydrogen) atoms. The highest BCUT2D eigenvalue weighted by molar-refractivity contribution is 6.31. The summed E-state index contributed by atoms with van der Waals surface area (Å²) < 4.78 is 0. The predicted octanol–water partition coefficient (Wildman–Crippen LogP) is 3.54. The molecular formula is C15H24ClN3O. The highest BCUT2D eigenvalue weighted by Crippen LogP contribution is 2.24. The first-order chi connectivity index (χ1) is 9.38. The first kappa shape index (κ1) is 16.8. The Bertz CT molecular complexity index is 460. The van der Waals surface area contributed by atoms with Crippen molar-refractivity contribution in [3.05, 3.63) is 34.9 Å². The van der Waals surface area contributed by atoms with Crippen LogP contribution in [0.2, 0.25) is 5.02 Å². The number of nitrogens with zero attached hydrogens (tertiary/aromatic N) is 1. The third kappa shape index (κ3) is 4.69. The molecule has 0 unspecified atom stereocenters. The number of halogens is 1. The fraction of sp³-hybridized carbons (Fsp3) is 0.533. The molecule has 0 saturated carbocycles. The molecule has 1 aromatic carbocycles. The van der Waals surface area contributed by atoms with Gasteiger partial charge < -0.3 is 16.3 Å². The lowest BCUT2D eigenvalue weighted by Gasteiger charge is -2.23. The van der Waals surface area contributed by atoms with E-state index >= 15 is 0 Å². The molecule has 0 bridgehead atoms. The first-order valence-corrected chi connectivity index (χ1v) is 7.22. The number of hydrogen-bond acceptors (Lipinski definition) is 3. The predicted molar refractivity (Wildman–Crippen MR) is 84.3 cm³/mol. The second kappa shape index (κ2) is 7.50. The van der Waals surface area contributed by atoms with Crippen LogP contribution in [-0.4, -0.2) is 17.6 Å². The van der Waals surface area contributed by atoms with Crippen LogP contribution < -0.4 is 11.1 Å². The molecule has 4 N–H and O–H groups in total. The maximum Gasteiger partial charge on any atom is 0.144 e. The summed E-state index contributed by atoms with van der Waals surface area (Å²) in [7, 11) is 0. The van der Waals surface area contributed by atoms with Crippen molar-refractivity contribution in [3.63, 3.8) is 0 Å². The minimum atomic E-state index is -0.288. The fourth-order valence-electron chi connectivity index (χ4n) is 2.05. The fourth-order valence-corrected chi connectivity index (χ4v) is 2.35. The van der Waals surface area contributed by atoms with E-state index < -0.39 is 0 Å². The third-order valence-electron chi connectivity index (χ3n) is 3.60. The number of nitrogens with two attached hydrogens (primary N) is 1. The van der Waals surface area contributed by atoms with E-state index in [-0.39, 0.29) is 17.3 Å². The summed E-state index contributed by atoms with van der Waals surface area (Å²) in [5.41, 5.74) is 6.48. The maximum atomic E-state index is 8.73. The molecule has 0 aliphatic rings. The minimum absolute atomic E-state index is 0.204. The van der Waals surface area contributed by atoms with Crippen molar-refractivity contribution in [2.24, 2.45) is 16.3 Å². The number of amidine groups is 1. The van der Waals surface area contributed by atoms with Crippen LogP contribution in [-0.2, 0) is 0 Å². The monoisotopic (exact) mass is 297 g/mol. The van der Waals surface area contributed by atoms with Crippen molar-refractivity contribution in [2.45, 2.75) is 39.7 Å². The summed E-state index contributed by atoms with van der Waals surface area (Å²) in [4.78, 5) is 0. The van der Waals surface area contributed by atoms with E-state index in [2.05, 4.69) is 17.4 Å². The number of benzene rings is 1. The summed E-state index contributed by atoms with van der Waals surface area (Å²) in [5.74, 6) is 0.275. The highest BCUT2D eigenvalue weighted by atomic mass is 35.5. The molecule has 0 aliphatic carbocycles.